The van der Waals surface area contributed by atoms with Crippen LogP contribution in [0.25, 0.3) is 0 Å². The molecule has 1 aliphatic rings. The summed E-state index contributed by atoms with van der Waals surface area (Å²) in [6.45, 7) is 2.00. The lowest BCUT2D eigenvalue weighted by Gasteiger charge is -2.18. The van der Waals surface area contributed by atoms with Gasteiger partial charge in [-0.2, -0.15) is 5.53 Å². The molecule has 2 N–H and O–H groups in total. The second kappa shape index (κ2) is 1.96. The molecule has 1 rings (SSSR count). The van der Waals surface area contributed by atoms with E-state index in [-0.39, 0.29) is 0 Å². The zero-order valence-electron chi connectivity index (χ0n) is 5.10. The average Bonchev–Trinajstić information content (AvgIpc) is 2.14. The largest absolute Gasteiger partial charge is 0.387 e. The second-order valence-electron chi connectivity index (χ2n) is 1.67. The Morgan fingerprint density at radius 1 is 1.75 bits per heavy atom. The van der Waals surface area contributed by atoms with Crippen molar-refractivity contribution in [2.75, 3.05) is 7.05 Å². The molecule has 0 saturated heterocycles. The van der Waals surface area contributed by atoms with Gasteiger partial charge in [-0.15, -0.1) is 13.1 Å². The van der Waals surface area contributed by atoms with Crippen LogP contribution in [-0.2, 0) is 0 Å². The van der Waals surface area contributed by atoms with Crippen LogP contribution in [0.4, 0.5) is 0 Å². The molecule has 46 valence electrons. The first-order chi connectivity index (χ1) is 3.84. The Hall–Kier alpha value is -0.830. The summed E-state index contributed by atoms with van der Waals surface area (Å²) in [5.74, 6) is 0. The molecule has 0 fully saturated rings. The third kappa shape index (κ3) is 0.721. The van der Waals surface area contributed by atoms with E-state index in [4.69, 9.17) is 0 Å². The molecule has 0 bridgehead atoms. The fourth-order valence-corrected chi connectivity index (χ4v) is 0.641. The van der Waals surface area contributed by atoms with Crippen molar-refractivity contribution in [1.82, 2.24) is 16.0 Å². The molecule has 3 nitrogen and oxygen atoms in total. The average molecular weight is 112 g/mol. The minimum atomic E-state index is 1.16. The molecule has 0 aromatic heterocycles. The van der Waals surface area contributed by atoms with Crippen molar-refractivity contribution in [2.45, 2.75) is 6.92 Å². The van der Waals surface area contributed by atoms with Crippen molar-refractivity contribution in [2.24, 2.45) is 0 Å². The molecular weight excluding hydrogens is 102 g/mol. The summed E-state index contributed by atoms with van der Waals surface area (Å²) in [6.07, 6.45) is 3.92. The maximum absolute atomic E-state index is 2.88. The van der Waals surface area contributed by atoms with E-state index in [9.17, 15) is 0 Å². The van der Waals surface area contributed by atoms with Gasteiger partial charge < -0.3 is 10.4 Å². The van der Waals surface area contributed by atoms with Gasteiger partial charge in [0, 0.05) is 7.05 Å². The lowest BCUT2D eigenvalue weighted by Crippen LogP contribution is -2.33. The first-order valence-electron chi connectivity index (χ1n) is 2.59. The monoisotopic (exact) mass is 112 g/mol. The first-order valence-corrected chi connectivity index (χ1v) is 2.59. The van der Waals surface area contributed by atoms with Gasteiger partial charge in [0.2, 0.25) is 0 Å². The molecule has 0 unspecified atom stereocenters. The molecule has 0 saturated carbocycles. The highest BCUT2D eigenvalue weighted by Crippen LogP contribution is 2.02. The fraction of sp³-hybridized carbons (Fsp3) is 0.400. The lowest BCUT2D eigenvalue weighted by molar-refractivity contribution is 0.310. The van der Waals surface area contributed by atoms with E-state index < -0.39 is 0 Å². The van der Waals surface area contributed by atoms with Crippen LogP contribution < -0.4 is 11.0 Å². The van der Waals surface area contributed by atoms with E-state index in [1.807, 2.05) is 31.6 Å². The smallest absolute Gasteiger partial charge is 0.0214 e. The summed E-state index contributed by atoms with van der Waals surface area (Å²) in [5, 5.41) is 1.90. The molecule has 0 aromatic rings. The van der Waals surface area contributed by atoms with E-state index in [1.165, 1.54) is 0 Å². The quantitative estimate of drug-likeness (QED) is 0.468. The maximum atomic E-state index is 2.88. The number of allylic oxidation sites excluding steroid dienone is 1. The number of nitrogens with zero attached hydrogens (tertiary/aromatic N) is 1. The number of hydrazine groups is 2. The van der Waals surface area contributed by atoms with Gasteiger partial charge in [0.05, 0.1) is 0 Å². The van der Waals surface area contributed by atoms with Crippen molar-refractivity contribution in [3.05, 3.63) is 18.3 Å². The Kier molecular flexibility index (Phi) is 1.30. The number of rotatable bonds is 1. The Morgan fingerprint density at radius 3 is 2.75 bits per heavy atom. The van der Waals surface area contributed by atoms with Crippen LogP contribution in [0.1, 0.15) is 6.92 Å². The standard InChI is InChI=1S/C5H10N3/c1-3-5-4-6-7-8(5)2/h3-4,6-7H,1-2H3/q-1. The lowest BCUT2D eigenvalue weighted by atomic mass is 10.4. The second-order valence-corrected chi connectivity index (χ2v) is 1.67. The molecule has 0 spiro atoms. The Balaban J connectivity index is 2.49. The van der Waals surface area contributed by atoms with Gasteiger partial charge in [0.1, 0.15) is 0 Å². The number of hydrogen-bond donors (Lipinski definition) is 2. The maximum Gasteiger partial charge on any atom is 0.0214 e. The van der Waals surface area contributed by atoms with E-state index in [2.05, 4.69) is 11.0 Å². The summed E-state index contributed by atoms with van der Waals surface area (Å²) in [5.41, 5.74) is 6.89. The van der Waals surface area contributed by atoms with Crippen LogP contribution in [0.15, 0.2) is 11.9 Å². The van der Waals surface area contributed by atoms with Crippen LogP contribution in [0.5, 0.6) is 0 Å². The van der Waals surface area contributed by atoms with Gasteiger partial charge in [-0.25, -0.2) is 6.42 Å². The molecule has 8 heavy (non-hydrogen) atoms. The third-order valence-corrected chi connectivity index (χ3v) is 1.14. The predicted molar refractivity (Wildman–Crippen MR) is 32.1 cm³/mol. The Bertz CT molecular complexity index is 108. The summed E-state index contributed by atoms with van der Waals surface area (Å²) < 4.78 is 0. The number of hydrogen-bond acceptors (Lipinski definition) is 3. The molecule has 0 aromatic carbocycles. The molecule has 1 aliphatic heterocycles. The van der Waals surface area contributed by atoms with Crippen LogP contribution in [-0.4, -0.2) is 12.1 Å². The predicted octanol–water partition coefficient (Wildman–Crippen LogP) is 0.00659. The molecule has 0 atom stereocenters. The van der Waals surface area contributed by atoms with Crippen molar-refractivity contribution in [1.29, 1.82) is 0 Å². The Morgan fingerprint density at radius 2 is 2.50 bits per heavy atom. The van der Waals surface area contributed by atoms with Gasteiger partial charge in [-0.05, 0) is 0 Å². The highest BCUT2D eigenvalue weighted by atomic mass is 15.7. The van der Waals surface area contributed by atoms with E-state index >= 15 is 0 Å². The summed E-state index contributed by atoms with van der Waals surface area (Å²) in [4.78, 5) is 0. The third-order valence-electron chi connectivity index (χ3n) is 1.14. The normalized spacial score (nSPS) is 17.8. The van der Waals surface area contributed by atoms with Gasteiger partial charge >= 0.3 is 0 Å². The van der Waals surface area contributed by atoms with Crippen molar-refractivity contribution in [3.8, 4) is 0 Å². The first kappa shape index (κ1) is 5.31. The zero-order chi connectivity index (χ0) is 5.98. The van der Waals surface area contributed by atoms with Crippen LogP contribution in [0.3, 0.4) is 0 Å². The summed E-state index contributed by atoms with van der Waals surface area (Å²) in [7, 11) is 1.95. The highest BCUT2D eigenvalue weighted by molar-refractivity contribution is 5.10. The van der Waals surface area contributed by atoms with Gasteiger partial charge in [0.15, 0.2) is 0 Å². The van der Waals surface area contributed by atoms with Crippen molar-refractivity contribution < 1.29 is 0 Å². The highest BCUT2D eigenvalue weighted by Gasteiger charge is 1.95. The summed E-state index contributed by atoms with van der Waals surface area (Å²) >= 11 is 0. The SMILES string of the molecule is C[CH-]C1=CNNN1C. The van der Waals surface area contributed by atoms with E-state index in [0.29, 0.717) is 0 Å². The van der Waals surface area contributed by atoms with Gasteiger partial charge in [-0.1, -0.05) is 5.70 Å². The van der Waals surface area contributed by atoms with Gasteiger partial charge in [0.25, 0.3) is 0 Å². The molecule has 0 radical (unpaired) electrons. The van der Waals surface area contributed by atoms with E-state index in [0.717, 1.165) is 5.70 Å². The van der Waals surface area contributed by atoms with Crippen LogP contribution >= 0.6 is 0 Å². The minimum Gasteiger partial charge on any atom is -0.387 e. The van der Waals surface area contributed by atoms with E-state index in [1.54, 1.807) is 0 Å². The Labute approximate surface area is 49.3 Å². The molecule has 0 amide bonds. The van der Waals surface area contributed by atoms with Crippen LogP contribution in [0, 0.1) is 6.42 Å². The molecule has 3 heteroatoms. The zero-order valence-corrected chi connectivity index (χ0v) is 5.10. The van der Waals surface area contributed by atoms with Crippen molar-refractivity contribution in [3.63, 3.8) is 0 Å². The van der Waals surface area contributed by atoms with Gasteiger partial charge in [-0.3, -0.25) is 0 Å². The number of nitrogens with one attached hydrogen (secondary N) is 2. The summed E-state index contributed by atoms with van der Waals surface area (Å²) in [6, 6.07) is 0. The topological polar surface area (TPSA) is 27.3 Å². The van der Waals surface area contributed by atoms with Crippen LogP contribution in [0.2, 0.25) is 0 Å². The van der Waals surface area contributed by atoms with Crippen molar-refractivity contribution >= 4 is 0 Å². The molecular formula is C5H10N3-. The fourth-order valence-electron chi connectivity index (χ4n) is 0.641. The minimum absolute atomic E-state index is 1.16. The molecule has 0 aliphatic carbocycles. The molecule has 1 heterocycles.